The minimum atomic E-state index is -0.530. The molecule has 1 heterocycles. The van der Waals surface area contributed by atoms with E-state index >= 15 is 0 Å². The monoisotopic (exact) mass is 449 g/mol. The van der Waals surface area contributed by atoms with Crippen LogP contribution in [0.2, 0.25) is 0 Å². The van der Waals surface area contributed by atoms with Gasteiger partial charge in [0.05, 0.1) is 33.1 Å². The van der Waals surface area contributed by atoms with Crippen molar-refractivity contribution in [3.8, 4) is 0 Å². The number of aryl methyl sites for hydroxylation is 1. The first-order valence-corrected chi connectivity index (χ1v) is 10.6. The Hall–Kier alpha value is -4.78. The van der Waals surface area contributed by atoms with E-state index in [1.165, 1.54) is 21.9 Å². The van der Waals surface area contributed by atoms with Gasteiger partial charge < -0.3 is 0 Å². The molecule has 7 heteroatoms. The van der Waals surface area contributed by atoms with E-state index in [2.05, 4.69) is 0 Å². The van der Waals surface area contributed by atoms with E-state index in [1.807, 2.05) is 31.2 Å². The number of anilines is 4. The molecule has 4 aromatic rings. The zero-order chi connectivity index (χ0) is 23.8. The smallest absolute Gasteiger partial charge is 0.276 e. The van der Waals surface area contributed by atoms with Gasteiger partial charge in [0, 0.05) is 6.07 Å². The molecule has 0 aliphatic carbocycles. The molecule has 7 nitrogen and oxygen atoms in total. The zero-order valence-corrected chi connectivity index (χ0v) is 18.2. The van der Waals surface area contributed by atoms with E-state index in [-0.39, 0.29) is 34.1 Å². The van der Waals surface area contributed by atoms with Crippen molar-refractivity contribution in [3.63, 3.8) is 0 Å². The van der Waals surface area contributed by atoms with Gasteiger partial charge in [0.1, 0.15) is 5.69 Å². The summed E-state index contributed by atoms with van der Waals surface area (Å²) in [5.41, 5.74) is 2.58. The van der Waals surface area contributed by atoms with Crippen LogP contribution >= 0.6 is 0 Å². The van der Waals surface area contributed by atoms with Crippen LogP contribution < -0.4 is 9.80 Å². The van der Waals surface area contributed by atoms with Crippen molar-refractivity contribution in [3.05, 3.63) is 124 Å². The normalized spacial score (nSPS) is 13.1. The molecule has 1 aliphatic heterocycles. The lowest BCUT2D eigenvalue weighted by Gasteiger charge is -2.33. The quantitative estimate of drug-likeness (QED) is 0.276. The van der Waals surface area contributed by atoms with Crippen LogP contribution in [0.3, 0.4) is 0 Å². The number of nitro benzene ring substituents is 1. The highest BCUT2D eigenvalue weighted by molar-refractivity contribution is 6.24. The second-order valence-corrected chi connectivity index (χ2v) is 7.85. The largest absolute Gasteiger partial charge is 0.293 e. The zero-order valence-electron chi connectivity index (χ0n) is 18.2. The highest BCUT2D eigenvalue weighted by Gasteiger charge is 2.36. The van der Waals surface area contributed by atoms with Crippen LogP contribution in [0.5, 0.6) is 0 Å². The molecule has 0 saturated heterocycles. The summed E-state index contributed by atoms with van der Waals surface area (Å²) in [5.74, 6) is -0.808. The van der Waals surface area contributed by atoms with Crippen molar-refractivity contribution in [2.24, 2.45) is 0 Å². The molecule has 2 amide bonds. The number of rotatable bonds is 3. The first-order chi connectivity index (χ1) is 16.5. The Morgan fingerprint density at radius 1 is 0.588 bits per heavy atom. The summed E-state index contributed by atoms with van der Waals surface area (Å²) < 4.78 is 0. The molecule has 1 aliphatic rings. The third kappa shape index (κ3) is 3.31. The lowest BCUT2D eigenvalue weighted by atomic mass is 10.0. The molecular weight excluding hydrogens is 430 g/mol. The average Bonchev–Trinajstić information content (AvgIpc) is 2.85. The number of hydrogen-bond acceptors (Lipinski definition) is 4. The maximum atomic E-state index is 14.1. The summed E-state index contributed by atoms with van der Waals surface area (Å²) in [6.45, 7) is 1.90. The number of carbonyl (C=O) groups is 2. The number of hydrogen-bond donors (Lipinski definition) is 0. The second-order valence-electron chi connectivity index (χ2n) is 7.85. The predicted octanol–water partition coefficient (Wildman–Crippen LogP) is 6.17. The van der Waals surface area contributed by atoms with Crippen LogP contribution in [-0.2, 0) is 0 Å². The molecule has 0 atom stereocenters. The Bertz CT molecular complexity index is 1460. The van der Waals surface area contributed by atoms with Gasteiger partial charge in [0.25, 0.3) is 17.5 Å². The lowest BCUT2D eigenvalue weighted by Crippen LogP contribution is -2.36. The molecule has 4 aromatic carbocycles. The fourth-order valence-electron chi connectivity index (χ4n) is 4.26. The van der Waals surface area contributed by atoms with Gasteiger partial charge in [-0.1, -0.05) is 54.6 Å². The van der Waals surface area contributed by atoms with Gasteiger partial charge in [-0.25, -0.2) is 0 Å². The summed E-state index contributed by atoms with van der Waals surface area (Å²) in [4.78, 5) is 42.2. The van der Waals surface area contributed by atoms with Crippen molar-refractivity contribution >= 4 is 40.3 Å². The van der Waals surface area contributed by atoms with Gasteiger partial charge >= 0.3 is 0 Å². The standard InChI is InChI=1S/C27H19N3O4/c1-18-10-2-5-13-21(18)28-22-14-6-3-11-19(22)27(32)29(23-15-7-4-12-20(23)26(28)31)24-16-8-9-17-25(24)30(33)34/h2-17H,1H3. The lowest BCUT2D eigenvalue weighted by molar-refractivity contribution is -0.384. The molecular formula is C27H19N3O4. The number of nitrogens with zero attached hydrogens (tertiary/aromatic N) is 3. The summed E-state index contributed by atoms with van der Waals surface area (Å²) in [5, 5.41) is 11.8. The van der Waals surface area contributed by atoms with Gasteiger partial charge in [0.15, 0.2) is 0 Å². The molecule has 34 heavy (non-hydrogen) atoms. The third-order valence-corrected chi connectivity index (χ3v) is 5.83. The van der Waals surface area contributed by atoms with Crippen LogP contribution in [0, 0.1) is 17.0 Å². The molecule has 0 aromatic heterocycles. The van der Waals surface area contributed by atoms with E-state index in [0.29, 0.717) is 11.4 Å². The number of para-hydroxylation sites is 5. The Kier molecular flexibility index (Phi) is 5.14. The highest BCUT2D eigenvalue weighted by Crippen LogP contribution is 2.42. The highest BCUT2D eigenvalue weighted by atomic mass is 16.6. The molecule has 0 radical (unpaired) electrons. The van der Waals surface area contributed by atoms with Gasteiger partial charge in [-0.3, -0.25) is 29.5 Å². The molecule has 0 saturated carbocycles. The summed E-state index contributed by atoms with van der Waals surface area (Å²) in [7, 11) is 0. The Balaban J connectivity index is 1.84. The molecule has 0 spiro atoms. The van der Waals surface area contributed by atoms with Crippen molar-refractivity contribution in [2.45, 2.75) is 6.92 Å². The SMILES string of the molecule is Cc1ccccc1N1C(=O)c2ccccc2N(c2ccccc2[N+](=O)[O-])C(=O)c2ccccc21. The summed E-state index contributed by atoms with van der Waals surface area (Å²) in [6.07, 6.45) is 0. The van der Waals surface area contributed by atoms with Crippen LogP contribution in [0.1, 0.15) is 26.3 Å². The predicted molar refractivity (Wildman–Crippen MR) is 130 cm³/mol. The number of carbonyl (C=O) groups excluding carboxylic acids is 2. The van der Waals surface area contributed by atoms with Crippen LogP contribution in [-0.4, -0.2) is 16.7 Å². The van der Waals surface area contributed by atoms with Crippen LogP contribution in [0.15, 0.2) is 97.1 Å². The number of benzene rings is 4. The fourth-order valence-corrected chi connectivity index (χ4v) is 4.26. The molecule has 0 fully saturated rings. The van der Waals surface area contributed by atoms with E-state index in [4.69, 9.17) is 0 Å². The Labute approximate surface area is 195 Å². The molecule has 0 bridgehead atoms. The minimum Gasteiger partial charge on any atom is -0.276 e. The van der Waals surface area contributed by atoms with E-state index in [9.17, 15) is 19.7 Å². The van der Waals surface area contributed by atoms with Crippen molar-refractivity contribution < 1.29 is 14.5 Å². The van der Waals surface area contributed by atoms with Gasteiger partial charge in [-0.15, -0.1) is 0 Å². The first-order valence-electron chi connectivity index (χ1n) is 10.6. The summed E-state index contributed by atoms with van der Waals surface area (Å²) >= 11 is 0. The molecule has 5 rings (SSSR count). The van der Waals surface area contributed by atoms with Crippen molar-refractivity contribution in [1.29, 1.82) is 0 Å². The summed E-state index contributed by atoms with van der Waals surface area (Å²) in [6, 6.07) is 27.0. The maximum Gasteiger partial charge on any atom is 0.293 e. The topological polar surface area (TPSA) is 83.8 Å². The Morgan fingerprint density at radius 2 is 1.00 bits per heavy atom. The second kappa shape index (κ2) is 8.29. The molecule has 0 N–H and O–H groups in total. The van der Waals surface area contributed by atoms with Crippen LogP contribution in [0.4, 0.5) is 28.4 Å². The van der Waals surface area contributed by atoms with E-state index in [0.717, 1.165) is 5.56 Å². The Morgan fingerprint density at radius 3 is 1.53 bits per heavy atom. The van der Waals surface area contributed by atoms with Crippen LogP contribution in [0.25, 0.3) is 0 Å². The van der Waals surface area contributed by atoms with Crippen molar-refractivity contribution in [1.82, 2.24) is 0 Å². The van der Waals surface area contributed by atoms with E-state index in [1.54, 1.807) is 60.7 Å². The van der Waals surface area contributed by atoms with Crippen molar-refractivity contribution in [2.75, 3.05) is 9.80 Å². The molecule has 0 unspecified atom stereocenters. The van der Waals surface area contributed by atoms with Gasteiger partial charge in [0.2, 0.25) is 0 Å². The molecule has 166 valence electrons. The van der Waals surface area contributed by atoms with Gasteiger partial charge in [-0.05, 0) is 48.9 Å². The third-order valence-electron chi connectivity index (χ3n) is 5.83. The average molecular weight is 449 g/mol. The number of nitro groups is 1. The minimum absolute atomic E-state index is 0.0943. The van der Waals surface area contributed by atoms with E-state index < -0.39 is 10.8 Å². The van der Waals surface area contributed by atoms with Gasteiger partial charge in [-0.2, -0.15) is 0 Å². The fraction of sp³-hybridized carbons (Fsp3) is 0.0370. The maximum absolute atomic E-state index is 14.1. The number of amides is 2. The number of fused-ring (bicyclic) bond motifs is 2. The first kappa shape index (κ1) is 21.1.